The largest absolute Gasteiger partial charge is 0.383 e. The molecule has 0 unspecified atom stereocenters. The molecule has 3 aromatic carbocycles. The predicted molar refractivity (Wildman–Crippen MR) is 115 cm³/mol. The highest BCUT2D eigenvalue weighted by Crippen LogP contribution is 2.27. The van der Waals surface area contributed by atoms with Crippen LogP contribution in [0.2, 0.25) is 0 Å². The lowest BCUT2D eigenvalue weighted by Crippen LogP contribution is -2.28. The number of benzene rings is 3. The maximum Gasteiger partial charge on any atom is 0.293 e. The van der Waals surface area contributed by atoms with Gasteiger partial charge in [-0.05, 0) is 23.8 Å². The van der Waals surface area contributed by atoms with E-state index in [1.807, 2.05) is 30.3 Å². The molecule has 0 saturated heterocycles. The molecule has 7 heteroatoms. The SMILES string of the molecule is CNc1ccc(C(=O)c2ccccc2C(=O)N(C)Cc2ccccc2)cc1[N+](=O)[O-]. The number of carbonyl (C=O) groups excluding carboxylic acids is 2. The van der Waals surface area contributed by atoms with Crippen molar-refractivity contribution in [1.29, 1.82) is 0 Å². The Morgan fingerprint density at radius 1 is 0.967 bits per heavy atom. The van der Waals surface area contributed by atoms with Crippen LogP contribution >= 0.6 is 0 Å². The molecule has 0 atom stereocenters. The summed E-state index contributed by atoms with van der Waals surface area (Å²) in [5, 5.41) is 14.1. The predicted octanol–water partition coefficient (Wildman–Crippen LogP) is 4.14. The molecular formula is C23H21N3O4. The first-order valence-corrected chi connectivity index (χ1v) is 9.31. The smallest absolute Gasteiger partial charge is 0.293 e. The molecule has 0 bridgehead atoms. The van der Waals surface area contributed by atoms with Crippen molar-refractivity contribution < 1.29 is 14.5 Å². The number of nitro groups is 1. The van der Waals surface area contributed by atoms with Gasteiger partial charge in [0.15, 0.2) is 5.78 Å². The Kier molecular flexibility index (Phi) is 6.22. The summed E-state index contributed by atoms with van der Waals surface area (Å²) >= 11 is 0. The van der Waals surface area contributed by atoms with E-state index in [-0.39, 0.29) is 28.3 Å². The summed E-state index contributed by atoms with van der Waals surface area (Å²) in [6, 6.07) is 20.3. The van der Waals surface area contributed by atoms with Crippen molar-refractivity contribution in [2.24, 2.45) is 0 Å². The fourth-order valence-electron chi connectivity index (χ4n) is 3.19. The first kappa shape index (κ1) is 20.7. The van der Waals surface area contributed by atoms with Crippen LogP contribution in [-0.2, 0) is 6.54 Å². The number of nitrogens with one attached hydrogen (secondary N) is 1. The Morgan fingerprint density at radius 2 is 1.60 bits per heavy atom. The van der Waals surface area contributed by atoms with E-state index in [4.69, 9.17) is 0 Å². The zero-order chi connectivity index (χ0) is 21.7. The van der Waals surface area contributed by atoms with Crippen molar-refractivity contribution in [2.75, 3.05) is 19.4 Å². The summed E-state index contributed by atoms with van der Waals surface area (Å²) in [5.74, 6) is -0.748. The summed E-state index contributed by atoms with van der Waals surface area (Å²) < 4.78 is 0. The second kappa shape index (κ2) is 9.00. The summed E-state index contributed by atoms with van der Waals surface area (Å²) in [4.78, 5) is 38.5. The summed E-state index contributed by atoms with van der Waals surface area (Å²) in [5.41, 5.74) is 1.68. The fraction of sp³-hybridized carbons (Fsp3) is 0.130. The van der Waals surface area contributed by atoms with E-state index in [0.29, 0.717) is 12.2 Å². The third-order valence-electron chi connectivity index (χ3n) is 4.74. The van der Waals surface area contributed by atoms with Gasteiger partial charge >= 0.3 is 0 Å². The van der Waals surface area contributed by atoms with Crippen molar-refractivity contribution >= 4 is 23.1 Å². The third-order valence-corrected chi connectivity index (χ3v) is 4.74. The van der Waals surface area contributed by atoms with E-state index >= 15 is 0 Å². The van der Waals surface area contributed by atoms with Crippen LogP contribution in [0.3, 0.4) is 0 Å². The van der Waals surface area contributed by atoms with Gasteiger partial charge in [0.25, 0.3) is 11.6 Å². The van der Waals surface area contributed by atoms with Crippen LogP contribution < -0.4 is 5.32 Å². The highest BCUT2D eigenvalue weighted by Gasteiger charge is 2.23. The highest BCUT2D eigenvalue weighted by atomic mass is 16.6. The van der Waals surface area contributed by atoms with Gasteiger partial charge in [-0.2, -0.15) is 0 Å². The van der Waals surface area contributed by atoms with Crippen molar-refractivity contribution in [2.45, 2.75) is 6.54 Å². The minimum absolute atomic E-state index is 0.145. The van der Waals surface area contributed by atoms with Gasteiger partial charge in [-0.15, -0.1) is 0 Å². The topological polar surface area (TPSA) is 92.6 Å². The van der Waals surface area contributed by atoms with Gasteiger partial charge in [0, 0.05) is 37.8 Å². The van der Waals surface area contributed by atoms with Crippen molar-refractivity contribution in [1.82, 2.24) is 4.90 Å². The number of amides is 1. The number of nitrogens with zero attached hydrogens (tertiary/aromatic N) is 2. The lowest BCUT2D eigenvalue weighted by atomic mass is 9.97. The molecule has 3 aromatic rings. The quantitative estimate of drug-likeness (QED) is 0.364. The van der Waals surface area contributed by atoms with Crippen LogP contribution in [0.1, 0.15) is 31.8 Å². The standard InChI is InChI=1S/C23H21N3O4/c1-24-20-13-12-17(14-21(20)26(29)30)22(27)18-10-6-7-11-19(18)23(28)25(2)15-16-8-4-3-5-9-16/h3-14,24H,15H2,1-2H3. The Hall–Kier alpha value is -4.00. The Balaban J connectivity index is 1.93. The molecule has 0 heterocycles. The molecular weight excluding hydrogens is 382 g/mol. The normalized spacial score (nSPS) is 10.3. The Morgan fingerprint density at radius 3 is 2.23 bits per heavy atom. The molecule has 0 aliphatic carbocycles. The van der Waals surface area contributed by atoms with Crippen molar-refractivity contribution in [3.8, 4) is 0 Å². The van der Waals surface area contributed by atoms with E-state index in [1.165, 1.54) is 23.1 Å². The molecule has 1 N–H and O–H groups in total. The second-order valence-corrected chi connectivity index (χ2v) is 6.76. The molecule has 0 spiro atoms. The van der Waals surface area contributed by atoms with Gasteiger partial charge in [-0.1, -0.05) is 48.5 Å². The number of ketones is 1. The molecule has 30 heavy (non-hydrogen) atoms. The average Bonchev–Trinajstić information content (AvgIpc) is 2.78. The molecule has 7 nitrogen and oxygen atoms in total. The molecule has 0 aliphatic heterocycles. The Labute approximate surface area is 174 Å². The Bertz CT molecular complexity index is 1100. The first-order valence-electron chi connectivity index (χ1n) is 9.31. The molecule has 3 rings (SSSR count). The summed E-state index contributed by atoms with van der Waals surface area (Å²) in [7, 11) is 3.24. The van der Waals surface area contributed by atoms with Crippen LogP contribution in [0.4, 0.5) is 11.4 Å². The molecule has 0 saturated carbocycles. The van der Waals surface area contributed by atoms with Crippen molar-refractivity contribution in [3.05, 3.63) is 105 Å². The summed E-state index contributed by atoms with van der Waals surface area (Å²) in [6.45, 7) is 0.393. The number of anilines is 1. The van der Waals surface area contributed by atoms with Gasteiger partial charge < -0.3 is 10.2 Å². The summed E-state index contributed by atoms with van der Waals surface area (Å²) in [6.07, 6.45) is 0. The third kappa shape index (κ3) is 4.35. The highest BCUT2D eigenvalue weighted by molar-refractivity contribution is 6.15. The molecule has 152 valence electrons. The number of hydrogen-bond acceptors (Lipinski definition) is 5. The molecule has 1 amide bonds. The zero-order valence-electron chi connectivity index (χ0n) is 16.7. The van der Waals surface area contributed by atoms with Crippen LogP contribution in [0.15, 0.2) is 72.8 Å². The van der Waals surface area contributed by atoms with Gasteiger partial charge in [0.2, 0.25) is 0 Å². The van der Waals surface area contributed by atoms with Crippen molar-refractivity contribution in [3.63, 3.8) is 0 Å². The number of hydrogen-bond donors (Lipinski definition) is 1. The molecule has 0 fully saturated rings. The minimum atomic E-state index is -0.548. The maximum absolute atomic E-state index is 13.1. The number of nitro benzene ring substituents is 1. The maximum atomic E-state index is 13.1. The zero-order valence-corrected chi connectivity index (χ0v) is 16.7. The minimum Gasteiger partial charge on any atom is -0.383 e. The number of carbonyl (C=O) groups is 2. The van der Waals surface area contributed by atoms with Gasteiger partial charge in [0.05, 0.1) is 10.5 Å². The monoisotopic (exact) mass is 403 g/mol. The lowest BCUT2D eigenvalue weighted by molar-refractivity contribution is -0.384. The second-order valence-electron chi connectivity index (χ2n) is 6.76. The van der Waals surface area contributed by atoms with Crippen LogP contribution in [0.25, 0.3) is 0 Å². The number of rotatable bonds is 7. The van der Waals surface area contributed by atoms with Gasteiger partial charge in [0.1, 0.15) is 5.69 Å². The average molecular weight is 403 g/mol. The van der Waals surface area contributed by atoms with E-state index < -0.39 is 10.7 Å². The van der Waals surface area contributed by atoms with Crippen LogP contribution in [0.5, 0.6) is 0 Å². The van der Waals surface area contributed by atoms with E-state index in [0.717, 1.165) is 5.56 Å². The lowest BCUT2D eigenvalue weighted by Gasteiger charge is -2.19. The molecule has 0 aliphatic rings. The van der Waals surface area contributed by atoms with E-state index in [2.05, 4.69) is 5.32 Å². The van der Waals surface area contributed by atoms with Crippen LogP contribution in [0, 0.1) is 10.1 Å². The van der Waals surface area contributed by atoms with Gasteiger partial charge in [-0.3, -0.25) is 19.7 Å². The molecule has 0 radical (unpaired) electrons. The van der Waals surface area contributed by atoms with Crippen LogP contribution in [-0.4, -0.2) is 35.6 Å². The fourth-order valence-corrected chi connectivity index (χ4v) is 3.19. The van der Waals surface area contributed by atoms with E-state index in [1.54, 1.807) is 38.4 Å². The molecule has 0 aromatic heterocycles. The van der Waals surface area contributed by atoms with Gasteiger partial charge in [-0.25, -0.2) is 0 Å². The first-order chi connectivity index (χ1) is 14.4. The van der Waals surface area contributed by atoms with E-state index in [9.17, 15) is 19.7 Å².